The number of nitrogens with one attached hydrogen (secondary N) is 3. The molecule has 1 heterocycles. The molecule has 25 heavy (non-hydrogen) atoms. The van der Waals surface area contributed by atoms with Crippen LogP contribution in [0.15, 0.2) is 28.7 Å². The second-order valence-corrected chi connectivity index (χ2v) is 7.39. The number of benzene rings is 1. The van der Waals surface area contributed by atoms with Crippen molar-refractivity contribution in [3.8, 4) is 0 Å². The summed E-state index contributed by atoms with van der Waals surface area (Å²) in [6.45, 7) is 6.41. The normalized spacial score (nSPS) is 23.2. The molecular formula is C19H25N3O2S. The van der Waals surface area contributed by atoms with Crippen molar-refractivity contribution >= 4 is 34.2 Å². The van der Waals surface area contributed by atoms with E-state index in [0.717, 1.165) is 17.4 Å². The molecule has 0 bridgehead atoms. The molecule has 1 fully saturated rings. The van der Waals surface area contributed by atoms with E-state index in [1.807, 2.05) is 31.2 Å². The number of hydrogen-bond donors (Lipinski definition) is 3. The van der Waals surface area contributed by atoms with Gasteiger partial charge in [-0.25, -0.2) is 0 Å². The molecule has 3 atom stereocenters. The topological polar surface area (TPSA) is 66.3 Å². The van der Waals surface area contributed by atoms with Crippen LogP contribution in [-0.4, -0.2) is 17.1 Å². The number of carbonyl (C=O) groups is 1. The minimum atomic E-state index is -0.331. The molecule has 0 saturated heterocycles. The Labute approximate surface area is 153 Å². The van der Waals surface area contributed by atoms with E-state index < -0.39 is 0 Å². The van der Waals surface area contributed by atoms with E-state index in [4.69, 9.17) is 16.6 Å². The van der Waals surface area contributed by atoms with E-state index >= 15 is 0 Å². The molecule has 2 aromatic rings. The predicted octanol–water partition coefficient (Wildman–Crippen LogP) is 3.67. The zero-order valence-corrected chi connectivity index (χ0v) is 15.7. The van der Waals surface area contributed by atoms with E-state index in [0.29, 0.717) is 34.3 Å². The monoisotopic (exact) mass is 359 g/mol. The Balaban J connectivity index is 1.58. The van der Waals surface area contributed by atoms with Gasteiger partial charge in [-0.1, -0.05) is 44.9 Å². The Hall–Kier alpha value is -2.08. The van der Waals surface area contributed by atoms with Crippen LogP contribution < -0.4 is 16.2 Å². The van der Waals surface area contributed by atoms with Crippen molar-refractivity contribution in [1.82, 2.24) is 16.2 Å². The number of thiocarbonyl (C=S) groups is 1. The van der Waals surface area contributed by atoms with Crippen LogP contribution in [0, 0.1) is 18.8 Å². The van der Waals surface area contributed by atoms with Crippen molar-refractivity contribution in [3.63, 3.8) is 0 Å². The molecule has 0 aliphatic heterocycles. The number of para-hydroxylation sites is 1. The molecule has 1 aromatic heterocycles. The molecule has 1 saturated carbocycles. The highest BCUT2D eigenvalue weighted by Crippen LogP contribution is 2.29. The van der Waals surface area contributed by atoms with Crippen LogP contribution in [0.1, 0.15) is 49.2 Å². The van der Waals surface area contributed by atoms with E-state index in [2.05, 4.69) is 30.0 Å². The number of amides is 1. The van der Waals surface area contributed by atoms with Gasteiger partial charge in [0.15, 0.2) is 10.9 Å². The van der Waals surface area contributed by atoms with Crippen LogP contribution in [0.2, 0.25) is 0 Å². The zero-order valence-electron chi connectivity index (χ0n) is 14.9. The molecule has 1 aromatic carbocycles. The second kappa shape index (κ2) is 7.44. The standard InChI is InChI=1S/C19H25N3O2S/c1-11-7-6-9-15(12(11)2)20-19(25)22-21-18(23)17-13(3)14-8-4-5-10-16(14)24-17/h4-5,8,10-12,15H,6-7,9H2,1-3H3,(H,21,23)(H2,20,22,25)/t11-,12-,15-/m0/s1. The number of fused-ring (bicyclic) bond motifs is 1. The third-order valence-corrected chi connectivity index (χ3v) is 5.58. The van der Waals surface area contributed by atoms with Crippen molar-refractivity contribution in [2.45, 2.75) is 46.1 Å². The first-order chi connectivity index (χ1) is 12.0. The van der Waals surface area contributed by atoms with Crippen LogP contribution in [0.3, 0.4) is 0 Å². The molecule has 0 unspecified atom stereocenters. The van der Waals surface area contributed by atoms with Crippen molar-refractivity contribution < 1.29 is 9.21 Å². The molecular weight excluding hydrogens is 334 g/mol. The van der Waals surface area contributed by atoms with E-state index in [9.17, 15) is 4.79 Å². The first-order valence-corrected chi connectivity index (χ1v) is 9.23. The summed E-state index contributed by atoms with van der Waals surface area (Å²) in [6, 6.07) is 7.95. The Bertz CT molecular complexity index is 786. The summed E-state index contributed by atoms with van der Waals surface area (Å²) in [4.78, 5) is 12.4. The van der Waals surface area contributed by atoms with Gasteiger partial charge >= 0.3 is 5.91 Å². The number of hydrazine groups is 1. The minimum Gasteiger partial charge on any atom is -0.451 e. The maximum absolute atomic E-state index is 12.4. The molecule has 0 radical (unpaired) electrons. The van der Waals surface area contributed by atoms with Gasteiger partial charge in [0.05, 0.1) is 0 Å². The van der Waals surface area contributed by atoms with Gasteiger partial charge < -0.3 is 9.73 Å². The lowest BCUT2D eigenvalue weighted by Crippen LogP contribution is -2.52. The lowest BCUT2D eigenvalue weighted by Gasteiger charge is -2.35. The Morgan fingerprint density at radius 2 is 1.96 bits per heavy atom. The molecule has 1 aliphatic rings. The average Bonchev–Trinajstić information content (AvgIpc) is 2.94. The van der Waals surface area contributed by atoms with Crippen LogP contribution in [0.25, 0.3) is 11.0 Å². The molecule has 134 valence electrons. The molecule has 5 nitrogen and oxygen atoms in total. The largest absolute Gasteiger partial charge is 0.451 e. The molecule has 3 N–H and O–H groups in total. The van der Waals surface area contributed by atoms with Crippen LogP contribution in [0.5, 0.6) is 0 Å². The van der Waals surface area contributed by atoms with Gasteiger partial charge in [0.2, 0.25) is 0 Å². The van der Waals surface area contributed by atoms with Crippen molar-refractivity contribution in [3.05, 3.63) is 35.6 Å². The van der Waals surface area contributed by atoms with Crippen molar-refractivity contribution in [1.29, 1.82) is 0 Å². The van der Waals surface area contributed by atoms with Crippen LogP contribution in [0.4, 0.5) is 0 Å². The number of furan rings is 1. The van der Waals surface area contributed by atoms with Crippen molar-refractivity contribution in [2.75, 3.05) is 0 Å². The van der Waals surface area contributed by atoms with Gasteiger partial charge in [-0.3, -0.25) is 15.6 Å². The molecule has 6 heteroatoms. The summed E-state index contributed by atoms with van der Waals surface area (Å²) in [5, 5.41) is 4.70. The lowest BCUT2D eigenvalue weighted by molar-refractivity contribution is 0.0916. The summed E-state index contributed by atoms with van der Waals surface area (Å²) in [7, 11) is 0. The number of carbonyl (C=O) groups excluding carboxylic acids is 1. The summed E-state index contributed by atoms with van der Waals surface area (Å²) in [6.07, 6.45) is 3.57. The highest BCUT2D eigenvalue weighted by Gasteiger charge is 2.27. The lowest BCUT2D eigenvalue weighted by atomic mass is 9.78. The van der Waals surface area contributed by atoms with Crippen molar-refractivity contribution in [2.24, 2.45) is 11.8 Å². The molecule has 1 aliphatic carbocycles. The Morgan fingerprint density at radius 1 is 1.20 bits per heavy atom. The molecule has 1 amide bonds. The van der Waals surface area contributed by atoms with Gasteiger partial charge in [0.25, 0.3) is 0 Å². The summed E-state index contributed by atoms with van der Waals surface area (Å²) < 4.78 is 5.66. The Morgan fingerprint density at radius 3 is 2.72 bits per heavy atom. The van der Waals surface area contributed by atoms with Gasteiger partial charge in [0.1, 0.15) is 5.58 Å². The highest BCUT2D eigenvalue weighted by atomic mass is 32.1. The smallest absolute Gasteiger partial charge is 0.305 e. The van der Waals surface area contributed by atoms with E-state index in [1.165, 1.54) is 12.8 Å². The summed E-state index contributed by atoms with van der Waals surface area (Å²) in [5.74, 6) is 1.21. The minimum absolute atomic E-state index is 0.302. The van der Waals surface area contributed by atoms with E-state index in [-0.39, 0.29) is 5.91 Å². The number of hydrogen-bond acceptors (Lipinski definition) is 3. The van der Waals surface area contributed by atoms with E-state index in [1.54, 1.807) is 0 Å². The molecule has 3 rings (SSSR count). The quantitative estimate of drug-likeness (QED) is 0.564. The average molecular weight is 359 g/mol. The highest BCUT2D eigenvalue weighted by molar-refractivity contribution is 7.80. The summed E-state index contributed by atoms with van der Waals surface area (Å²) >= 11 is 5.32. The summed E-state index contributed by atoms with van der Waals surface area (Å²) in [5.41, 5.74) is 6.95. The van der Waals surface area contributed by atoms with Gasteiger partial charge in [-0.2, -0.15) is 0 Å². The SMILES string of the molecule is Cc1c(C(=O)NNC(=S)N[C@H]2CCC[C@H](C)[C@@H]2C)oc2ccccc12. The predicted molar refractivity (Wildman–Crippen MR) is 103 cm³/mol. The van der Waals surface area contributed by atoms with Crippen LogP contribution >= 0.6 is 12.2 Å². The first kappa shape index (κ1) is 17.7. The van der Waals surface area contributed by atoms with Gasteiger partial charge in [-0.15, -0.1) is 0 Å². The fourth-order valence-electron chi connectivity index (χ4n) is 3.55. The second-order valence-electron chi connectivity index (χ2n) is 6.98. The van der Waals surface area contributed by atoms with Gasteiger partial charge in [-0.05, 0) is 43.5 Å². The maximum atomic E-state index is 12.4. The fraction of sp³-hybridized carbons (Fsp3) is 0.474. The fourth-order valence-corrected chi connectivity index (χ4v) is 3.75. The third-order valence-electron chi connectivity index (χ3n) is 5.36. The third kappa shape index (κ3) is 3.79. The zero-order chi connectivity index (χ0) is 18.0. The van der Waals surface area contributed by atoms with Gasteiger partial charge in [0, 0.05) is 17.0 Å². The first-order valence-electron chi connectivity index (χ1n) is 8.82. The Kier molecular flexibility index (Phi) is 5.27. The number of rotatable bonds is 2. The van der Waals surface area contributed by atoms with Crippen LogP contribution in [-0.2, 0) is 0 Å². The number of aryl methyl sites for hydroxylation is 1. The molecule has 0 spiro atoms. The maximum Gasteiger partial charge on any atom is 0.305 e.